The first kappa shape index (κ1) is 19.9. The lowest BCUT2D eigenvalue weighted by atomic mass is 10.0. The van der Waals surface area contributed by atoms with Gasteiger partial charge in [-0.3, -0.25) is 0 Å². The molecule has 1 unspecified atom stereocenters. The second-order valence-electron chi connectivity index (χ2n) is 7.28. The molecule has 0 radical (unpaired) electrons. The minimum Gasteiger partial charge on any atom is -0.444 e. The Labute approximate surface area is 150 Å². The normalized spacial score (nSPS) is 18.2. The van der Waals surface area contributed by atoms with Gasteiger partial charge in [-0.2, -0.15) is 18.4 Å². The molecule has 0 aliphatic carbocycles. The summed E-state index contributed by atoms with van der Waals surface area (Å²) >= 11 is 0. The van der Waals surface area contributed by atoms with E-state index in [-0.39, 0.29) is 11.7 Å². The molecule has 1 fully saturated rings. The van der Waals surface area contributed by atoms with Crippen LogP contribution < -0.4 is 5.32 Å². The van der Waals surface area contributed by atoms with E-state index >= 15 is 0 Å². The summed E-state index contributed by atoms with van der Waals surface area (Å²) in [4.78, 5) is 13.7. The lowest BCUT2D eigenvalue weighted by molar-refractivity contribution is -0.137. The molecule has 1 aliphatic rings. The number of halogens is 3. The topological polar surface area (TPSA) is 65.4 Å². The zero-order valence-corrected chi connectivity index (χ0v) is 15.0. The Hall–Kier alpha value is -2.43. The predicted octanol–water partition coefficient (Wildman–Crippen LogP) is 4.39. The second-order valence-corrected chi connectivity index (χ2v) is 7.28. The first-order valence-electron chi connectivity index (χ1n) is 8.35. The Morgan fingerprint density at radius 3 is 2.62 bits per heavy atom. The zero-order valence-electron chi connectivity index (χ0n) is 15.0. The van der Waals surface area contributed by atoms with Gasteiger partial charge in [0.25, 0.3) is 0 Å². The van der Waals surface area contributed by atoms with Gasteiger partial charge in [0.2, 0.25) is 0 Å². The first-order chi connectivity index (χ1) is 12.0. The minimum atomic E-state index is -4.60. The van der Waals surface area contributed by atoms with Gasteiger partial charge in [0.1, 0.15) is 5.60 Å². The third-order valence-electron chi connectivity index (χ3n) is 3.89. The van der Waals surface area contributed by atoms with Crippen molar-refractivity contribution < 1.29 is 22.7 Å². The average Bonchev–Trinajstić information content (AvgIpc) is 2.52. The SMILES string of the molecule is CC(C)(C)OC(=O)N1CCCC(Nc2ccc(C#N)c(C(F)(F)F)c2)C1. The van der Waals surface area contributed by atoms with Crippen molar-refractivity contribution in [3.05, 3.63) is 29.3 Å². The number of nitriles is 1. The number of carbonyl (C=O) groups is 1. The predicted molar refractivity (Wildman–Crippen MR) is 90.6 cm³/mol. The highest BCUT2D eigenvalue weighted by atomic mass is 19.4. The summed E-state index contributed by atoms with van der Waals surface area (Å²) in [6.07, 6.45) is -3.59. The van der Waals surface area contributed by atoms with Crippen LogP contribution in [0.3, 0.4) is 0 Å². The van der Waals surface area contributed by atoms with E-state index in [4.69, 9.17) is 10.00 Å². The largest absolute Gasteiger partial charge is 0.444 e. The van der Waals surface area contributed by atoms with Crippen molar-refractivity contribution in [2.75, 3.05) is 18.4 Å². The van der Waals surface area contributed by atoms with Crippen molar-refractivity contribution >= 4 is 11.8 Å². The molecule has 2 rings (SSSR count). The Morgan fingerprint density at radius 1 is 1.35 bits per heavy atom. The number of alkyl halides is 3. The smallest absolute Gasteiger partial charge is 0.417 e. The van der Waals surface area contributed by atoms with Crippen LogP contribution >= 0.6 is 0 Å². The van der Waals surface area contributed by atoms with Gasteiger partial charge in [-0.1, -0.05) is 0 Å². The molecule has 0 bridgehead atoms. The third kappa shape index (κ3) is 5.28. The number of hydrogen-bond donors (Lipinski definition) is 1. The molecule has 0 aromatic heterocycles. The minimum absolute atomic E-state index is 0.190. The molecule has 1 amide bonds. The fourth-order valence-corrected chi connectivity index (χ4v) is 2.79. The number of likely N-dealkylation sites (tertiary alicyclic amines) is 1. The first-order valence-corrected chi connectivity index (χ1v) is 8.35. The Morgan fingerprint density at radius 2 is 2.04 bits per heavy atom. The maximum absolute atomic E-state index is 13.1. The van der Waals surface area contributed by atoms with Crippen molar-refractivity contribution in [2.45, 2.75) is 51.4 Å². The summed E-state index contributed by atoms with van der Waals surface area (Å²) in [5.74, 6) is 0. The monoisotopic (exact) mass is 369 g/mol. The quantitative estimate of drug-likeness (QED) is 0.840. The summed E-state index contributed by atoms with van der Waals surface area (Å²) < 4.78 is 44.6. The van der Waals surface area contributed by atoms with Crippen molar-refractivity contribution in [1.29, 1.82) is 5.26 Å². The number of nitrogens with one attached hydrogen (secondary N) is 1. The number of carbonyl (C=O) groups excluding carboxylic acids is 1. The maximum Gasteiger partial charge on any atom is 0.417 e. The standard InChI is InChI=1S/C18H22F3N3O2/c1-17(2,3)26-16(25)24-8-4-5-14(11-24)23-13-7-6-12(10-22)15(9-13)18(19,20)21/h6-7,9,14,23H,4-5,8,11H2,1-3H3. The molecule has 1 atom stereocenters. The van der Waals surface area contributed by atoms with E-state index in [9.17, 15) is 18.0 Å². The van der Waals surface area contributed by atoms with E-state index in [1.165, 1.54) is 6.07 Å². The van der Waals surface area contributed by atoms with Crippen LogP contribution in [-0.2, 0) is 10.9 Å². The Balaban J connectivity index is 2.09. The van der Waals surface area contributed by atoms with E-state index in [0.717, 1.165) is 25.0 Å². The number of rotatable bonds is 2. The van der Waals surface area contributed by atoms with Gasteiger partial charge in [0, 0.05) is 24.8 Å². The van der Waals surface area contributed by atoms with Crippen LogP contribution in [0.4, 0.5) is 23.7 Å². The van der Waals surface area contributed by atoms with Gasteiger partial charge in [-0.15, -0.1) is 0 Å². The van der Waals surface area contributed by atoms with E-state index in [0.29, 0.717) is 13.1 Å². The second kappa shape index (κ2) is 7.44. The molecule has 1 heterocycles. The van der Waals surface area contributed by atoms with Crippen LogP contribution in [0.2, 0.25) is 0 Å². The van der Waals surface area contributed by atoms with E-state index in [2.05, 4.69) is 5.32 Å². The van der Waals surface area contributed by atoms with Crippen LogP contribution in [0.1, 0.15) is 44.7 Å². The van der Waals surface area contributed by atoms with E-state index in [1.807, 2.05) is 0 Å². The number of benzene rings is 1. The van der Waals surface area contributed by atoms with Crippen molar-refractivity contribution in [1.82, 2.24) is 4.90 Å². The molecule has 1 saturated heterocycles. The highest BCUT2D eigenvalue weighted by molar-refractivity contribution is 5.68. The van der Waals surface area contributed by atoms with Gasteiger partial charge in [-0.25, -0.2) is 4.79 Å². The molecular formula is C18H22F3N3O2. The molecule has 1 aromatic carbocycles. The van der Waals surface area contributed by atoms with Gasteiger partial charge in [0.15, 0.2) is 0 Å². The van der Waals surface area contributed by atoms with Crippen LogP contribution in [0, 0.1) is 11.3 Å². The van der Waals surface area contributed by atoms with Crippen molar-refractivity contribution in [2.24, 2.45) is 0 Å². The zero-order chi connectivity index (χ0) is 19.5. The van der Waals surface area contributed by atoms with Gasteiger partial charge >= 0.3 is 12.3 Å². The van der Waals surface area contributed by atoms with Gasteiger partial charge in [-0.05, 0) is 51.8 Å². The number of amides is 1. The molecule has 5 nitrogen and oxygen atoms in total. The lowest BCUT2D eigenvalue weighted by Gasteiger charge is -2.35. The summed E-state index contributed by atoms with van der Waals surface area (Å²) in [5.41, 5.74) is -1.72. The van der Waals surface area contributed by atoms with Crippen LogP contribution in [0.25, 0.3) is 0 Å². The molecule has 0 spiro atoms. The van der Waals surface area contributed by atoms with Gasteiger partial charge < -0.3 is 15.0 Å². The van der Waals surface area contributed by atoms with Crippen LogP contribution in [0.5, 0.6) is 0 Å². The van der Waals surface area contributed by atoms with Crippen molar-refractivity contribution in [3.8, 4) is 6.07 Å². The molecule has 1 aromatic rings. The number of ether oxygens (including phenoxy) is 1. The summed E-state index contributed by atoms with van der Waals surface area (Å²) in [5, 5.41) is 11.9. The Bertz CT molecular complexity index is 705. The number of piperidine rings is 1. The lowest BCUT2D eigenvalue weighted by Crippen LogP contribution is -2.47. The molecule has 1 N–H and O–H groups in total. The molecule has 8 heteroatoms. The number of anilines is 1. The maximum atomic E-state index is 13.1. The van der Waals surface area contributed by atoms with Crippen molar-refractivity contribution in [3.63, 3.8) is 0 Å². The molecular weight excluding hydrogens is 347 g/mol. The highest BCUT2D eigenvalue weighted by Gasteiger charge is 2.34. The van der Waals surface area contributed by atoms with E-state index < -0.39 is 29.0 Å². The summed E-state index contributed by atoms with van der Waals surface area (Å²) in [6.45, 7) is 6.23. The number of hydrogen-bond acceptors (Lipinski definition) is 4. The summed E-state index contributed by atoms with van der Waals surface area (Å²) in [6, 6.07) is 4.90. The Kier molecular flexibility index (Phi) is 5.69. The molecule has 142 valence electrons. The molecule has 0 saturated carbocycles. The van der Waals surface area contributed by atoms with Crippen LogP contribution in [-0.4, -0.2) is 35.7 Å². The average molecular weight is 369 g/mol. The number of nitrogens with zero attached hydrogens (tertiary/aromatic N) is 2. The van der Waals surface area contributed by atoms with E-state index in [1.54, 1.807) is 31.7 Å². The van der Waals surface area contributed by atoms with Gasteiger partial charge in [0.05, 0.1) is 17.2 Å². The molecule has 26 heavy (non-hydrogen) atoms. The fraction of sp³-hybridized carbons (Fsp3) is 0.556. The molecule has 1 aliphatic heterocycles. The third-order valence-corrected chi connectivity index (χ3v) is 3.89. The summed E-state index contributed by atoms with van der Waals surface area (Å²) in [7, 11) is 0. The highest BCUT2D eigenvalue weighted by Crippen LogP contribution is 2.34. The fourth-order valence-electron chi connectivity index (χ4n) is 2.79. The van der Waals surface area contributed by atoms with Crippen LogP contribution in [0.15, 0.2) is 18.2 Å².